The Bertz CT molecular complexity index is 247. The highest BCUT2D eigenvalue weighted by Gasteiger charge is 2.20. The maximum absolute atomic E-state index is 11.7. The van der Waals surface area contributed by atoms with Gasteiger partial charge in [-0.15, -0.1) is 0 Å². The average Bonchev–Trinajstić information content (AvgIpc) is 2.31. The molecule has 2 unspecified atom stereocenters. The first-order chi connectivity index (χ1) is 7.56. The van der Waals surface area contributed by atoms with E-state index in [9.17, 15) is 4.79 Å². The van der Waals surface area contributed by atoms with Gasteiger partial charge in [0.2, 0.25) is 5.91 Å². The van der Waals surface area contributed by atoms with Crippen LogP contribution < -0.4 is 5.32 Å². The Hall–Kier alpha value is -1.08. The minimum absolute atomic E-state index is 0.0404. The van der Waals surface area contributed by atoms with Gasteiger partial charge in [0, 0.05) is 13.1 Å². The van der Waals surface area contributed by atoms with E-state index in [1.54, 1.807) is 0 Å². The second-order valence-corrected chi connectivity index (χ2v) is 4.08. The number of hydrogen-bond acceptors (Lipinski definition) is 3. The summed E-state index contributed by atoms with van der Waals surface area (Å²) in [4.78, 5) is 13.8. The van der Waals surface area contributed by atoms with E-state index in [1.807, 2.05) is 32.6 Å². The molecule has 0 aromatic heterocycles. The molecule has 0 rings (SSSR count). The summed E-state index contributed by atoms with van der Waals surface area (Å²) >= 11 is 0. The zero-order chi connectivity index (χ0) is 12.6. The standard InChI is InChI=1S/C12H23N3O/c1-5-7-14-12(16)11(4)15(6-2)9-10(3)8-13/h10-11H,5-7,9H2,1-4H3,(H,14,16). The first-order valence-electron chi connectivity index (χ1n) is 5.98. The SMILES string of the molecule is CCCNC(=O)C(C)N(CC)CC(C)C#N. The van der Waals surface area contributed by atoms with Crippen molar-refractivity contribution in [2.45, 2.75) is 40.2 Å². The summed E-state index contributed by atoms with van der Waals surface area (Å²) in [5.74, 6) is 0.00946. The highest BCUT2D eigenvalue weighted by atomic mass is 16.2. The fourth-order valence-electron chi connectivity index (χ4n) is 1.52. The third-order valence-electron chi connectivity index (χ3n) is 2.61. The van der Waals surface area contributed by atoms with Crippen molar-refractivity contribution in [2.24, 2.45) is 5.92 Å². The number of nitriles is 1. The maximum atomic E-state index is 11.7. The van der Waals surface area contributed by atoms with Crippen LogP contribution in [0.4, 0.5) is 0 Å². The van der Waals surface area contributed by atoms with Crippen LogP contribution in [0.3, 0.4) is 0 Å². The molecule has 0 bridgehead atoms. The summed E-state index contributed by atoms with van der Waals surface area (Å²) in [6.45, 7) is 9.95. The van der Waals surface area contributed by atoms with Gasteiger partial charge >= 0.3 is 0 Å². The van der Waals surface area contributed by atoms with Crippen molar-refractivity contribution in [2.75, 3.05) is 19.6 Å². The van der Waals surface area contributed by atoms with Gasteiger partial charge in [-0.25, -0.2) is 0 Å². The summed E-state index contributed by atoms with van der Waals surface area (Å²) in [5, 5.41) is 11.6. The Kier molecular flexibility index (Phi) is 7.57. The van der Waals surface area contributed by atoms with Crippen LogP contribution in [-0.2, 0) is 4.79 Å². The van der Waals surface area contributed by atoms with Crippen LogP contribution in [0.25, 0.3) is 0 Å². The van der Waals surface area contributed by atoms with Crippen LogP contribution in [-0.4, -0.2) is 36.5 Å². The lowest BCUT2D eigenvalue weighted by atomic mass is 10.1. The molecule has 0 aromatic carbocycles. The van der Waals surface area contributed by atoms with E-state index in [-0.39, 0.29) is 17.9 Å². The van der Waals surface area contributed by atoms with Crippen LogP contribution in [0.2, 0.25) is 0 Å². The maximum Gasteiger partial charge on any atom is 0.237 e. The molecule has 0 saturated heterocycles. The summed E-state index contributed by atoms with van der Waals surface area (Å²) in [5.41, 5.74) is 0. The van der Waals surface area contributed by atoms with Crippen molar-refractivity contribution in [3.8, 4) is 6.07 Å². The molecule has 4 nitrogen and oxygen atoms in total. The van der Waals surface area contributed by atoms with E-state index in [0.717, 1.165) is 13.0 Å². The van der Waals surface area contributed by atoms with Crippen molar-refractivity contribution in [3.63, 3.8) is 0 Å². The Labute approximate surface area is 98.6 Å². The molecule has 0 saturated carbocycles. The average molecular weight is 225 g/mol. The third-order valence-corrected chi connectivity index (χ3v) is 2.61. The van der Waals surface area contributed by atoms with Crippen LogP contribution in [0, 0.1) is 17.2 Å². The Balaban J connectivity index is 4.24. The number of hydrogen-bond donors (Lipinski definition) is 1. The van der Waals surface area contributed by atoms with Gasteiger partial charge in [0.05, 0.1) is 18.0 Å². The van der Waals surface area contributed by atoms with E-state index in [2.05, 4.69) is 11.4 Å². The molecule has 2 atom stereocenters. The van der Waals surface area contributed by atoms with E-state index < -0.39 is 0 Å². The van der Waals surface area contributed by atoms with Crippen LogP contribution >= 0.6 is 0 Å². The molecule has 0 aliphatic rings. The highest BCUT2D eigenvalue weighted by molar-refractivity contribution is 5.81. The van der Waals surface area contributed by atoms with Gasteiger partial charge in [-0.3, -0.25) is 9.69 Å². The molecule has 0 heterocycles. The minimum atomic E-state index is -0.160. The summed E-state index contributed by atoms with van der Waals surface area (Å²) in [7, 11) is 0. The molecule has 0 spiro atoms. The van der Waals surface area contributed by atoms with Crippen LogP contribution in [0.1, 0.15) is 34.1 Å². The molecular weight excluding hydrogens is 202 g/mol. The second kappa shape index (κ2) is 8.12. The molecule has 16 heavy (non-hydrogen) atoms. The summed E-state index contributed by atoms with van der Waals surface area (Å²) in [6.07, 6.45) is 0.944. The van der Waals surface area contributed by atoms with Crippen molar-refractivity contribution < 1.29 is 4.79 Å². The van der Waals surface area contributed by atoms with Crippen molar-refractivity contribution in [1.82, 2.24) is 10.2 Å². The molecule has 1 N–H and O–H groups in total. The smallest absolute Gasteiger partial charge is 0.237 e. The number of likely N-dealkylation sites (N-methyl/N-ethyl adjacent to an activating group) is 1. The van der Waals surface area contributed by atoms with Gasteiger partial charge in [0.1, 0.15) is 0 Å². The molecule has 4 heteroatoms. The first-order valence-corrected chi connectivity index (χ1v) is 5.98. The van der Waals surface area contributed by atoms with Crippen molar-refractivity contribution >= 4 is 5.91 Å². The van der Waals surface area contributed by atoms with Gasteiger partial charge in [0.25, 0.3) is 0 Å². The number of carbonyl (C=O) groups excluding carboxylic acids is 1. The zero-order valence-corrected chi connectivity index (χ0v) is 10.8. The number of nitrogens with zero attached hydrogens (tertiary/aromatic N) is 2. The van der Waals surface area contributed by atoms with Gasteiger partial charge in [-0.05, 0) is 26.8 Å². The fraction of sp³-hybridized carbons (Fsp3) is 0.833. The lowest BCUT2D eigenvalue weighted by Crippen LogP contribution is -2.46. The molecular formula is C12H23N3O. The monoisotopic (exact) mass is 225 g/mol. The Morgan fingerprint density at radius 2 is 2.06 bits per heavy atom. The van der Waals surface area contributed by atoms with Gasteiger partial charge in [-0.1, -0.05) is 13.8 Å². The van der Waals surface area contributed by atoms with Crippen LogP contribution in [0.15, 0.2) is 0 Å². The topological polar surface area (TPSA) is 56.1 Å². The number of rotatable bonds is 7. The van der Waals surface area contributed by atoms with Crippen molar-refractivity contribution in [1.29, 1.82) is 5.26 Å². The van der Waals surface area contributed by atoms with Gasteiger partial charge in [-0.2, -0.15) is 5.26 Å². The number of amides is 1. The predicted molar refractivity (Wildman–Crippen MR) is 64.8 cm³/mol. The second-order valence-electron chi connectivity index (χ2n) is 4.08. The lowest BCUT2D eigenvalue weighted by Gasteiger charge is -2.27. The third kappa shape index (κ3) is 5.13. The molecule has 1 amide bonds. The molecule has 0 aliphatic carbocycles. The molecule has 92 valence electrons. The molecule has 0 fully saturated rings. The van der Waals surface area contributed by atoms with E-state index in [4.69, 9.17) is 5.26 Å². The Morgan fingerprint density at radius 3 is 2.50 bits per heavy atom. The Morgan fingerprint density at radius 1 is 1.44 bits per heavy atom. The highest BCUT2D eigenvalue weighted by Crippen LogP contribution is 2.04. The molecule has 0 aliphatic heterocycles. The van der Waals surface area contributed by atoms with Gasteiger partial charge < -0.3 is 5.32 Å². The summed E-state index contributed by atoms with van der Waals surface area (Å²) in [6, 6.07) is 2.03. The first kappa shape index (κ1) is 14.9. The van der Waals surface area contributed by atoms with E-state index in [1.165, 1.54) is 0 Å². The molecule has 0 aromatic rings. The van der Waals surface area contributed by atoms with E-state index in [0.29, 0.717) is 13.1 Å². The lowest BCUT2D eigenvalue weighted by molar-refractivity contribution is -0.125. The van der Waals surface area contributed by atoms with Gasteiger partial charge in [0.15, 0.2) is 0 Å². The minimum Gasteiger partial charge on any atom is -0.355 e. The predicted octanol–water partition coefficient (Wildman–Crippen LogP) is 1.38. The largest absolute Gasteiger partial charge is 0.355 e. The quantitative estimate of drug-likeness (QED) is 0.712. The van der Waals surface area contributed by atoms with Crippen molar-refractivity contribution in [3.05, 3.63) is 0 Å². The zero-order valence-electron chi connectivity index (χ0n) is 10.8. The molecule has 0 radical (unpaired) electrons. The number of carbonyl (C=O) groups is 1. The normalized spacial score (nSPS) is 14.2. The number of nitrogens with one attached hydrogen (secondary N) is 1. The van der Waals surface area contributed by atoms with Crippen LogP contribution in [0.5, 0.6) is 0 Å². The van der Waals surface area contributed by atoms with E-state index >= 15 is 0 Å². The summed E-state index contributed by atoms with van der Waals surface area (Å²) < 4.78 is 0. The fourth-order valence-corrected chi connectivity index (χ4v) is 1.52.